The monoisotopic (exact) mass is 558 g/mol. The zero-order valence-electron chi connectivity index (χ0n) is 17.1. The number of hydrogen-bond donors (Lipinski definition) is 0. The van der Waals surface area contributed by atoms with Crippen LogP contribution in [0.2, 0.25) is 10.0 Å². The van der Waals surface area contributed by atoms with Gasteiger partial charge in [0.1, 0.15) is 22.4 Å². The summed E-state index contributed by atoms with van der Waals surface area (Å²) >= 11 is 21.8. The van der Waals surface area contributed by atoms with Crippen molar-refractivity contribution in [2.45, 2.75) is 40.5 Å². The van der Waals surface area contributed by atoms with Gasteiger partial charge >= 0.3 is 0 Å². The van der Waals surface area contributed by atoms with Gasteiger partial charge in [0.15, 0.2) is 0 Å². The molecule has 0 aliphatic heterocycles. The molecule has 0 spiro atoms. The molecule has 0 bridgehead atoms. The Labute approximate surface area is 207 Å². The lowest BCUT2D eigenvalue weighted by atomic mass is 10.1. The van der Waals surface area contributed by atoms with Crippen molar-refractivity contribution in [1.29, 1.82) is 0 Å². The van der Waals surface area contributed by atoms with Crippen molar-refractivity contribution in [3.63, 3.8) is 0 Å². The van der Waals surface area contributed by atoms with Gasteiger partial charge in [-0.15, -0.1) is 34.0 Å². The highest BCUT2D eigenvalue weighted by Crippen LogP contribution is 2.44. The Bertz CT molecular complexity index is 1210. The molecule has 0 fully saturated rings. The first-order valence-electron chi connectivity index (χ1n) is 9.74. The summed E-state index contributed by atoms with van der Waals surface area (Å²) in [5, 5.41) is 3.66. The van der Waals surface area contributed by atoms with Gasteiger partial charge in [-0.05, 0) is 52.7 Å². The molecular formula is C22H21BrCl2N2S3. The van der Waals surface area contributed by atoms with Gasteiger partial charge in [0.25, 0.3) is 0 Å². The predicted molar refractivity (Wildman–Crippen MR) is 139 cm³/mol. The first-order valence-corrected chi connectivity index (χ1v) is 13.8. The fourth-order valence-electron chi connectivity index (χ4n) is 3.25. The summed E-state index contributed by atoms with van der Waals surface area (Å²) in [6.07, 6.45) is 1.92. The molecular weight excluding hydrogens is 539 g/mol. The zero-order valence-corrected chi connectivity index (χ0v) is 22.6. The summed E-state index contributed by atoms with van der Waals surface area (Å²) in [7, 11) is 0. The van der Waals surface area contributed by atoms with Crippen molar-refractivity contribution in [3.05, 3.63) is 41.1 Å². The number of fused-ring (bicyclic) bond motifs is 1. The smallest absolute Gasteiger partial charge is 0.115 e. The number of halogens is 3. The minimum atomic E-state index is 0.544. The van der Waals surface area contributed by atoms with E-state index in [0.29, 0.717) is 11.8 Å². The molecule has 0 aliphatic rings. The third-order valence-corrected chi connectivity index (χ3v) is 9.46. The average Bonchev–Trinajstić information content (AvgIpc) is 3.32. The van der Waals surface area contributed by atoms with E-state index in [9.17, 15) is 0 Å². The van der Waals surface area contributed by atoms with Gasteiger partial charge in [-0.3, -0.25) is 0 Å². The van der Waals surface area contributed by atoms with Crippen LogP contribution in [0, 0.1) is 11.8 Å². The molecule has 0 aromatic carbocycles. The molecule has 0 radical (unpaired) electrons. The van der Waals surface area contributed by atoms with Gasteiger partial charge in [-0.25, -0.2) is 9.97 Å². The van der Waals surface area contributed by atoms with Crippen molar-refractivity contribution in [2.75, 3.05) is 0 Å². The van der Waals surface area contributed by atoms with E-state index in [1.807, 2.05) is 17.5 Å². The second-order valence-corrected chi connectivity index (χ2v) is 13.4. The van der Waals surface area contributed by atoms with Gasteiger partial charge in [0, 0.05) is 15.1 Å². The topological polar surface area (TPSA) is 25.8 Å². The maximum absolute atomic E-state index is 6.59. The van der Waals surface area contributed by atoms with Crippen LogP contribution in [-0.2, 0) is 12.8 Å². The number of rotatable bonds is 6. The summed E-state index contributed by atoms with van der Waals surface area (Å²) in [6.45, 7) is 8.83. The molecule has 30 heavy (non-hydrogen) atoms. The molecule has 158 valence electrons. The molecule has 2 nitrogen and oxygen atoms in total. The molecule has 0 saturated heterocycles. The van der Waals surface area contributed by atoms with E-state index in [1.54, 1.807) is 34.0 Å². The van der Waals surface area contributed by atoms with Crippen LogP contribution in [0.15, 0.2) is 21.3 Å². The van der Waals surface area contributed by atoms with Crippen LogP contribution in [0.25, 0.3) is 32.2 Å². The van der Waals surface area contributed by atoms with Gasteiger partial charge in [0.05, 0.1) is 23.6 Å². The minimum Gasteiger partial charge on any atom is -0.242 e. The fourth-order valence-corrected chi connectivity index (χ4v) is 7.70. The summed E-state index contributed by atoms with van der Waals surface area (Å²) in [5.41, 5.74) is 3.53. The summed E-state index contributed by atoms with van der Waals surface area (Å²) in [6, 6.07) is 4.07. The molecule has 0 atom stereocenters. The molecule has 8 heteroatoms. The van der Waals surface area contributed by atoms with E-state index >= 15 is 0 Å². The standard InChI is InChI=1S/C22H21BrCl2N2S3/c1-10(2)5-15-12(24)7-17(29-15)20-21(27-19-14(26-20)9-28-22(19)23)18-8-13(25)16(30-18)6-11(3)4/h7-11H,5-6H2,1-4H3. The highest BCUT2D eigenvalue weighted by Gasteiger charge is 2.21. The van der Waals surface area contributed by atoms with E-state index in [4.69, 9.17) is 33.2 Å². The van der Waals surface area contributed by atoms with Crippen LogP contribution in [-0.4, -0.2) is 9.97 Å². The van der Waals surface area contributed by atoms with Crippen molar-refractivity contribution in [3.8, 4) is 21.1 Å². The van der Waals surface area contributed by atoms with E-state index in [1.165, 1.54) is 9.75 Å². The van der Waals surface area contributed by atoms with Crippen LogP contribution in [0.3, 0.4) is 0 Å². The second-order valence-electron chi connectivity index (χ2n) is 8.12. The fraction of sp³-hybridized carbons (Fsp3) is 0.364. The number of nitrogens with zero attached hydrogens (tertiary/aromatic N) is 2. The Kier molecular flexibility index (Phi) is 6.93. The lowest BCUT2D eigenvalue weighted by Crippen LogP contribution is -1.92. The van der Waals surface area contributed by atoms with Gasteiger partial charge in [-0.2, -0.15) is 0 Å². The van der Waals surface area contributed by atoms with Gasteiger partial charge in [0.2, 0.25) is 0 Å². The summed E-state index contributed by atoms with van der Waals surface area (Å²) < 4.78 is 0.993. The Morgan fingerprint density at radius 2 is 1.37 bits per heavy atom. The first kappa shape index (κ1) is 22.7. The van der Waals surface area contributed by atoms with Crippen LogP contribution in [0.1, 0.15) is 37.4 Å². The van der Waals surface area contributed by atoms with Crippen molar-refractivity contribution < 1.29 is 0 Å². The van der Waals surface area contributed by atoms with E-state index < -0.39 is 0 Å². The third kappa shape index (κ3) is 4.64. The Balaban J connectivity index is 1.90. The van der Waals surface area contributed by atoms with E-state index in [0.717, 1.165) is 58.8 Å². The van der Waals surface area contributed by atoms with E-state index in [-0.39, 0.29) is 0 Å². The van der Waals surface area contributed by atoms with E-state index in [2.05, 4.69) is 43.6 Å². The molecule has 0 saturated carbocycles. The van der Waals surface area contributed by atoms with Crippen molar-refractivity contribution in [2.24, 2.45) is 11.8 Å². The SMILES string of the molecule is CC(C)Cc1sc(-c2nc3csc(Br)c3nc2-c2cc(Cl)c(CC(C)C)s2)cc1Cl. The Morgan fingerprint density at radius 1 is 0.867 bits per heavy atom. The lowest BCUT2D eigenvalue weighted by Gasteiger charge is -2.06. The van der Waals surface area contributed by atoms with Crippen LogP contribution >= 0.6 is 73.1 Å². The Morgan fingerprint density at radius 3 is 1.87 bits per heavy atom. The third-order valence-electron chi connectivity index (χ3n) is 4.55. The molecule has 0 amide bonds. The van der Waals surface area contributed by atoms with Crippen molar-refractivity contribution in [1.82, 2.24) is 9.97 Å². The summed E-state index contributed by atoms with van der Waals surface area (Å²) in [5.74, 6) is 1.09. The maximum Gasteiger partial charge on any atom is 0.115 e. The largest absolute Gasteiger partial charge is 0.242 e. The normalized spacial score (nSPS) is 12.0. The molecule has 4 aromatic rings. The summed E-state index contributed by atoms with van der Waals surface area (Å²) in [4.78, 5) is 14.5. The molecule has 4 aromatic heterocycles. The Hall–Kier alpha value is -0.500. The molecule has 0 N–H and O–H groups in total. The zero-order chi connectivity index (χ0) is 21.6. The highest BCUT2D eigenvalue weighted by molar-refractivity contribution is 9.11. The minimum absolute atomic E-state index is 0.544. The molecule has 4 heterocycles. The van der Waals surface area contributed by atoms with Crippen LogP contribution in [0.4, 0.5) is 0 Å². The first-order chi connectivity index (χ1) is 14.2. The second kappa shape index (κ2) is 9.16. The molecule has 0 unspecified atom stereocenters. The highest BCUT2D eigenvalue weighted by atomic mass is 79.9. The van der Waals surface area contributed by atoms with Crippen molar-refractivity contribution >= 4 is 84.2 Å². The quantitative estimate of drug-likeness (QED) is 0.235. The number of aromatic nitrogens is 2. The molecule has 0 aliphatic carbocycles. The van der Waals surface area contributed by atoms with Crippen LogP contribution < -0.4 is 0 Å². The van der Waals surface area contributed by atoms with Gasteiger partial charge < -0.3 is 0 Å². The maximum atomic E-state index is 6.59. The predicted octanol–water partition coefficient (Wildman–Crippen LogP) is 9.61. The average molecular weight is 560 g/mol. The van der Waals surface area contributed by atoms with Gasteiger partial charge in [-0.1, -0.05) is 50.9 Å². The lowest BCUT2D eigenvalue weighted by molar-refractivity contribution is 0.654. The number of thiophene rings is 3. The van der Waals surface area contributed by atoms with Crippen LogP contribution in [0.5, 0.6) is 0 Å². The number of hydrogen-bond acceptors (Lipinski definition) is 5. The molecule has 4 rings (SSSR count).